The zero-order valence-electron chi connectivity index (χ0n) is 15.1. The minimum Gasteiger partial charge on any atom is -0.497 e. The van der Waals surface area contributed by atoms with Crippen molar-refractivity contribution in [3.8, 4) is 11.4 Å². The second kappa shape index (κ2) is 7.22. The SMILES string of the molecule is COc1ccc(-n2ncc(C(C)NS(=O)(=O)c3ccc(C)s3)c2C)cc1. The van der Waals surface area contributed by atoms with Crippen LogP contribution < -0.4 is 9.46 Å². The van der Waals surface area contributed by atoms with E-state index in [1.807, 2.05) is 45.0 Å². The van der Waals surface area contributed by atoms with Crippen LogP contribution in [0.5, 0.6) is 5.75 Å². The molecular weight excluding hydrogens is 370 g/mol. The van der Waals surface area contributed by atoms with Gasteiger partial charge in [-0.2, -0.15) is 5.10 Å². The molecule has 0 amide bonds. The van der Waals surface area contributed by atoms with Gasteiger partial charge in [-0.05, 0) is 57.2 Å². The Morgan fingerprint density at radius 1 is 1.15 bits per heavy atom. The third-order valence-corrected chi connectivity index (χ3v) is 7.18. The zero-order valence-corrected chi connectivity index (χ0v) is 16.7. The largest absolute Gasteiger partial charge is 0.497 e. The fourth-order valence-corrected chi connectivity index (χ4v) is 5.26. The molecule has 0 radical (unpaired) electrons. The molecule has 0 aliphatic heterocycles. The summed E-state index contributed by atoms with van der Waals surface area (Å²) in [5.41, 5.74) is 2.60. The maximum Gasteiger partial charge on any atom is 0.250 e. The zero-order chi connectivity index (χ0) is 18.9. The second-order valence-electron chi connectivity index (χ2n) is 6.00. The average molecular weight is 392 g/mol. The van der Waals surface area contributed by atoms with Gasteiger partial charge in [-0.15, -0.1) is 11.3 Å². The Morgan fingerprint density at radius 3 is 2.42 bits per heavy atom. The van der Waals surface area contributed by atoms with Crippen LogP contribution in [0.2, 0.25) is 0 Å². The summed E-state index contributed by atoms with van der Waals surface area (Å²) in [7, 11) is -1.93. The maximum absolute atomic E-state index is 12.5. The number of sulfonamides is 1. The highest BCUT2D eigenvalue weighted by molar-refractivity contribution is 7.91. The highest BCUT2D eigenvalue weighted by Crippen LogP contribution is 2.25. The number of thiophene rings is 1. The van der Waals surface area contributed by atoms with Crippen molar-refractivity contribution in [1.82, 2.24) is 14.5 Å². The first-order valence-corrected chi connectivity index (χ1v) is 10.4. The van der Waals surface area contributed by atoms with Gasteiger partial charge in [0.05, 0.1) is 19.0 Å². The Kier molecular flexibility index (Phi) is 5.17. The van der Waals surface area contributed by atoms with Gasteiger partial charge in [-0.25, -0.2) is 17.8 Å². The Labute approximate surface area is 157 Å². The quantitative estimate of drug-likeness (QED) is 0.697. The van der Waals surface area contributed by atoms with E-state index in [9.17, 15) is 8.42 Å². The molecule has 1 N–H and O–H groups in total. The number of ether oxygens (including phenoxy) is 1. The Hall–Kier alpha value is -2.16. The van der Waals surface area contributed by atoms with E-state index in [4.69, 9.17) is 4.74 Å². The van der Waals surface area contributed by atoms with E-state index < -0.39 is 16.1 Å². The molecule has 0 fully saturated rings. The lowest BCUT2D eigenvalue weighted by molar-refractivity contribution is 0.414. The predicted octanol–water partition coefficient (Wildman–Crippen LogP) is 3.60. The molecule has 0 bridgehead atoms. The third kappa shape index (κ3) is 3.67. The van der Waals surface area contributed by atoms with E-state index >= 15 is 0 Å². The molecule has 1 unspecified atom stereocenters. The number of aryl methyl sites for hydroxylation is 1. The van der Waals surface area contributed by atoms with Crippen LogP contribution in [0.4, 0.5) is 0 Å². The molecule has 0 aliphatic carbocycles. The first-order valence-electron chi connectivity index (χ1n) is 8.09. The van der Waals surface area contributed by atoms with Crippen LogP contribution in [0.15, 0.2) is 46.8 Å². The molecule has 0 saturated heterocycles. The number of hydrogen-bond acceptors (Lipinski definition) is 5. The number of methoxy groups -OCH3 is 1. The van der Waals surface area contributed by atoms with Crippen molar-refractivity contribution in [2.45, 2.75) is 31.0 Å². The van der Waals surface area contributed by atoms with Crippen LogP contribution in [0.25, 0.3) is 5.69 Å². The summed E-state index contributed by atoms with van der Waals surface area (Å²) in [5, 5.41) is 4.41. The Balaban J connectivity index is 1.84. The number of rotatable bonds is 6. The van der Waals surface area contributed by atoms with Crippen molar-refractivity contribution in [2.24, 2.45) is 0 Å². The molecule has 0 saturated carbocycles. The first-order chi connectivity index (χ1) is 12.3. The highest BCUT2D eigenvalue weighted by atomic mass is 32.2. The molecule has 8 heteroatoms. The summed E-state index contributed by atoms with van der Waals surface area (Å²) >= 11 is 1.26. The van der Waals surface area contributed by atoms with E-state index in [0.717, 1.165) is 27.6 Å². The van der Waals surface area contributed by atoms with Gasteiger partial charge >= 0.3 is 0 Å². The molecular formula is C18H21N3O3S2. The van der Waals surface area contributed by atoms with Crippen LogP contribution in [0.3, 0.4) is 0 Å². The Morgan fingerprint density at radius 2 is 1.85 bits per heavy atom. The van der Waals surface area contributed by atoms with E-state index in [2.05, 4.69) is 9.82 Å². The number of hydrogen-bond donors (Lipinski definition) is 1. The molecule has 3 rings (SSSR count). The van der Waals surface area contributed by atoms with Crippen molar-refractivity contribution in [3.63, 3.8) is 0 Å². The molecule has 6 nitrogen and oxygen atoms in total. The smallest absolute Gasteiger partial charge is 0.250 e. The maximum atomic E-state index is 12.5. The second-order valence-corrected chi connectivity index (χ2v) is 9.23. The van der Waals surface area contributed by atoms with Gasteiger partial charge in [0.25, 0.3) is 10.0 Å². The Bertz CT molecular complexity index is 1000. The van der Waals surface area contributed by atoms with Crippen molar-refractivity contribution < 1.29 is 13.2 Å². The number of aromatic nitrogens is 2. The van der Waals surface area contributed by atoms with E-state index in [-0.39, 0.29) is 0 Å². The summed E-state index contributed by atoms with van der Waals surface area (Å²) < 4.78 is 35.1. The lowest BCUT2D eigenvalue weighted by Crippen LogP contribution is -2.26. The van der Waals surface area contributed by atoms with Gasteiger partial charge in [0, 0.05) is 22.2 Å². The van der Waals surface area contributed by atoms with Crippen molar-refractivity contribution in [2.75, 3.05) is 7.11 Å². The summed E-state index contributed by atoms with van der Waals surface area (Å²) in [6.45, 7) is 5.63. The van der Waals surface area contributed by atoms with Gasteiger partial charge in [-0.1, -0.05) is 0 Å². The normalized spacial score (nSPS) is 12.9. The molecule has 0 aliphatic rings. The van der Waals surface area contributed by atoms with Gasteiger partial charge < -0.3 is 4.74 Å². The van der Waals surface area contributed by atoms with Crippen molar-refractivity contribution in [3.05, 3.63) is 58.7 Å². The van der Waals surface area contributed by atoms with Gasteiger partial charge in [0.2, 0.25) is 0 Å². The summed E-state index contributed by atoms with van der Waals surface area (Å²) in [6.07, 6.45) is 1.70. The van der Waals surface area contributed by atoms with E-state index in [1.165, 1.54) is 11.3 Å². The minimum absolute atomic E-state index is 0.321. The standard InChI is InChI=1S/C18H21N3O3S2/c1-12-5-10-18(25-12)26(22,23)20-13(2)17-11-19-21(14(17)3)15-6-8-16(24-4)9-7-15/h5-11,13,20H,1-4H3. The van der Waals surface area contributed by atoms with Crippen LogP contribution in [0, 0.1) is 13.8 Å². The topological polar surface area (TPSA) is 73.2 Å². The fourth-order valence-electron chi connectivity index (χ4n) is 2.74. The molecule has 0 spiro atoms. The summed E-state index contributed by atoms with van der Waals surface area (Å²) in [5.74, 6) is 0.770. The summed E-state index contributed by atoms with van der Waals surface area (Å²) in [6, 6.07) is 10.6. The van der Waals surface area contributed by atoms with Crippen molar-refractivity contribution >= 4 is 21.4 Å². The lowest BCUT2D eigenvalue weighted by atomic mass is 10.1. The molecule has 1 atom stereocenters. The monoisotopic (exact) mass is 391 g/mol. The summed E-state index contributed by atoms with van der Waals surface area (Å²) in [4.78, 5) is 0.960. The van der Waals surface area contributed by atoms with Gasteiger partial charge in [0.1, 0.15) is 9.96 Å². The lowest BCUT2D eigenvalue weighted by Gasteiger charge is -2.14. The molecule has 3 aromatic rings. The number of nitrogens with one attached hydrogen (secondary N) is 1. The van der Waals surface area contributed by atoms with Crippen LogP contribution >= 0.6 is 11.3 Å². The third-order valence-electron chi connectivity index (χ3n) is 4.14. The number of nitrogens with zero attached hydrogens (tertiary/aromatic N) is 2. The number of benzene rings is 1. The van der Waals surface area contributed by atoms with E-state index in [1.54, 1.807) is 30.1 Å². The van der Waals surface area contributed by atoms with Crippen LogP contribution in [-0.4, -0.2) is 25.3 Å². The van der Waals surface area contributed by atoms with Gasteiger partial charge in [0.15, 0.2) is 0 Å². The highest BCUT2D eigenvalue weighted by Gasteiger charge is 2.22. The van der Waals surface area contributed by atoms with E-state index in [0.29, 0.717) is 4.21 Å². The molecule has 138 valence electrons. The van der Waals surface area contributed by atoms with Crippen LogP contribution in [-0.2, 0) is 10.0 Å². The predicted molar refractivity (Wildman–Crippen MR) is 103 cm³/mol. The fraction of sp³-hybridized carbons (Fsp3) is 0.278. The van der Waals surface area contributed by atoms with Crippen LogP contribution in [0.1, 0.15) is 29.1 Å². The first kappa shape index (κ1) is 18.6. The molecule has 1 aromatic carbocycles. The molecule has 26 heavy (non-hydrogen) atoms. The van der Waals surface area contributed by atoms with Crippen molar-refractivity contribution in [1.29, 1.82) is 0 Å². The molecule has 2 heterocycles. The average Bonchev–Trinajstić information content (AvgIpc) is 3.21. The molecule has 2 aromatic heterocycles. The van der Waals surface area contributed by atoms with Gasteiger partial charge in [-0.3, -0.25) is 0 Å². The minimum atomic E-state index is -3.55.